The van der Waals surface area contributed by atoms with Crippen LogP contribution in [0.15, 0.2) is 77.4 Å². The fourth-order valence-electron chi connectivity index (χ4n) is 2.92. The fourth-order valence-corrected chi connectivity index (χ4v) is 2.92. The van der Waals surface area contributed by atoms with Gasteiger partial charge in [0.1, 0.15) is 5.69 Å². The van der Waals surface area contributed by atoms with Crippen molar-refractivity contribution in [2.24, 2.45) is 0 Å². The molecule has 7 nitrogen and oxygen atoms in total. The number of furan rings is 1. The summed E-state index contributed by atoms with van der Waals surface area (Å²) in [7, 11) is 1.29. The Balaban J connectivity index is 1.64. The zero-order valence-electron chi connectivity index (χ0n) is 15.5. The van der Waals surface area contributed by atoms with E-state index in [4.69, 9.17) is 4.42 Å². The molecule has 0 aliphatic carbocycles. The van der Waals surface area contributed by atoms with Gasteiger partial charge in [0, 0.05) is 16.8 Å². The number of methoxy groups -OCH3 is 1. The summed E-state index contributed by atoms with van der Waals surface area (Å²) in [5, 5.41) is 6.17. The number of benzene rings is 2. The van der Waals surface area contributed by atoms with Crippen LogP contribution >= 0.6 is 0 Å². The molecule has 0 atom stereocenters. The summed E-state index contributed by atoms with van der Waals surface area (Å²) >= 11 is 0. The van der Waals surface area contributed by atoms with Gasteiger partial charge in [-0.3, -0.25) is 10.1 Å². The molecule has 0 saturated carbocycles. The molecule has 0 aliphatic heterocycles. The van der Waals surface area contributed by atoms with E-state index in [1.165, 1.54) is 7.11 Å². The van der Waals surface area contributed by atoms with Crippen LogP contribution in [0.5, 0.6) is 0 Å². The molecule has 0 saturated heterocycles. The molecule has 2 heterocycles. The average molecular weight is 387 g/mol. The number of hydrogen-bond donors (Lipinski definition) is 2. The molecule has 0 fully saturated rings. The van der Waals surface area contributed by atoms with E-state index >= 15 is 0 Å². The predicted molar refractivity (Wildman–Crippen MR) is 110 cm³/mol. The van der Waals surface area contributed by atoms with Crippen molar-refractivity contribution in [3.05, 3.63) is 78.6 Å². The zero-order valence-corrected chi connectivity index (χ0v) is 15.5. The third-order valence-corrected chi connectivity index (χ3v) is 4.31. The Hall–Kier alpha value is -4.13. The number of nitrogens with one attached hydrogen (secondary N) is 2. The summed E-state index contributed by atoms with van der Waals surface area (Å²) in [5.41, 5.74) is 2.91. The highest BCUT2D eigenvalue weighted by Crippen LogP contribution is 2.26. The van der Waals surface area contributed by atoms with Gasteiger partial charge in [0.25, 0.3) is 5.91 Å². The van der Waals surface area contributed by atoms with Gasteiger partial charge in [-0.1, -0.05) is 18.2 Å². The Morgan fingerprint density at radius 1 is 0.931 bits per heavy atom. The summed E-state index contributed by atoms with van der Waals surface area (Å²) < 4.78 is 9.99. The molecule has 0 aliphatic rings. The Bertz CT molecular complexity index is 1170. The Morgan fingerprint density at radius 2 is 1.66 bits per heavy atom. The number of aromatic nitrogens is 1. The van der Waals surface area contributed by atoms with E-state index in [0.29, 0.717) is 33.9 Å². The average Bonchev–Trinajstić information content (AvgIpc) is 3.29. The third kappa shape index (κ3) is 3.93. The molecule has 144 valence electrons. The van der Waals surface area contributed by atoms with Crippen LogP contribution in [0.1, 0.15) is 10.4 Å². The number of nitrogens with zero attached hydrogens (tertiary/aromatic N) is 1. The number of ether oxygens (including phenoxy) is 1. The quantitative estimate of drug-likeness (QED) is 0.518. The highest BCUT2D eigenvalue weighted by atomic mass is 16.5. The molecule has 4 rings (SSSR count). The van der Waals surface area contributed by atoms with Crippen molar-refractivity contribution >= 4 is 34.3 Å². The molecule has 2 amide bonds. The second-order valence-corrected chi connectivity index (χ2v) is 6.20. The fraction of sp³-hybridized carbons (Fsp3) is 0.0455. The number of amides is 2. The van der Waals surface area contributed by atoms with E-state index < -0.39 is 6.09 Å². The van der Waals surface area contributed by atoms with Crippen molar-refractivity contribution in [2.75, 3.05) is 17.7 Å². The maximum absolute atomic E-state index is 13.0. The third-order valence-electron chi connectivity index (χ3n) is 4.31. The van der Waals surface area contributed by atoms with Crippen molar-refractivity contribution in [2.45, 2.75) is 0 Å². The first-order valence-corrected chi connectivity index (χ1v) is 8.84. The molecule has 2 aromatic carbocycles. The van der Waals surface area contributed by atoms with Gasteiger partial charge in [0.2, 0.25) is 0 Å². The van der Waals surface area contributed by atoms with Crippen LogP contribution in [-0.2, 0) is 4.74 Å². The number of fused-ring (bicyclic) bond motifs is 1. The lowest BCUT2D eigenvalue weighted by Gasteiger charge is -2.10. The van der Waals surface area contributed by atoms with Gasteiger partial charge in [-0.25, -0.2) is 9.78 Å². The van der Waals surface area contributed by atoms with Crippen LogP contribution in [-0.4, -0.2) is 24.1 Å². The maximum atomic E-state index is 13.0. The first-order valence-electron chi connectivity index (χ1n) is 8.84. The first kappa shape index (κ1) is 18.2. The molecule has 0 unspecified atom stereocenters. The van der Waals surface area contributed by atoms with Gasteiger partial charge in [0.15, 0.2) is 5.76 Å². The van der Waals surface area contributed by atoms with Crippen molar-refractivity contribution in [3.8, 4) is 11.5 Å². The minimum Gasteiger partial charge on any atom is -0.463 e. The Kier molecular flexibility index (Phi) is 4.94. The molecule has 0 spiro atoms. The summed E-state index contributed by atoms with van der Waals surface area (Å²) in [6, 6.07) is 19.5. The second-order valence-electron chi connectivity index (χ2n) is 6.20. The Morgan fingerprint density at radius 3 is 2.34 bits per heavy atom. The molecule has 0 bridgehead atoms. The predicted octanol–water partition coefficient (Wildman–Crippen LogP) is 4.93. The van der Waals surface area contributed by atoms with E-state index in [-0.39, 0.29) is 5.91 Å². The van der Waals surface area contributed by atoms with E-state index in [2.05, 4.69) is 20.4 Å². The highest BCUT2D eigenvalue weighted by molar-refractivity contribution is 6.13. The lowest BCUT2D eigenvalue weighted by Crippen LogP contribution is -2.13. The van der Waals surface area contributed by atoms with E-state index in [9.17, 15) is 9.59 Å². The van der Waals surface area contributed by atoms with Crippen LogP contribution in [0.25, 0.3) is 22.4 Å². The van der Waals surface area contributed by atoms with E-state index in [1.54, 1.807) is 48.7 Å². The number of carbonyl (C=O) groups excluding carboxylic acids is 2. The van der Waals surface area contributed by atoms with Crippen LogP contribution in [0, 0.1) is 0 Å². The summed E-state index contributed by atoms with van der Waals surface area (Å²) in [4.78, 5) is 28.9. The minimum absolute atomic E-state index is 0.273. The summed E-state index contributed by atoms with van der Waals surface area (Å²) in [6.07, 6.45) is 1.01. The molecule has 2 N–H and O–H groups in total. The monoisotopic (exact) mass is 387 g/mol. The van der Waals surface area contributed by atoms with Gasteiger partial charge < -0.3 is 14.5 Å². The first-order chi connectivity index (χ1) is 14.1. The SMILES string of the molecule is COC(=O)Nc1ccc(NC(=O)c2cc(-c3ccco3)nc3ccccc23)cc1. The second kappa shape index (κ2) is 7.85. The molecule has 0 radical (unpaired) electrons. The number of hydrogen-bond acceptors (Lipinski definition) is 5. The van der Waals surface area contributed by atoms with Crippen LogP contribution in [0.3, 0.4) is 0 Å². The van der Waals surface area contributed by atoms with Gasteiger partial charge in [-0.05, 0) is 48.5 Å². The van der Waals surface area contributed by atoms with Gasteiger partial charge >= 0.3 is 6.09 Å². The van der Waals surface area contributed by atoms with Crippen LogP contribution in [0.4, 0.5) is 16.2 Å². The van der Waals surface area contributed by atoms with Crippen LogP contribution in [0.2, 0.25) is 0 Å². The molecule has 2 aromatic heterocycles. The topological polar surface area (TPSA) is 93.5 Å². The van der Waals surface area contributed by atoms with E-state index in [0.717, 1.165) is 5.39 Å². The van der Waals surface area contributed by atoms with Gasteiger partial charge in [-0.2, -0.15) is 0 Å². The molecule has 7 heteroatoms. The van der Waals surface area contributed by atoms with Crippen molar-refractivity contribution in [1.82, 2.24) is 4.98 Å². The van der Waals surface area contributed by atoms with Crippen molar-refractivity contribution in [3.63, 3.8) is 0 Å². The molecular formula is C22H17N3O4. The van der Waals surface area contributed by atoms with Crippen molar-refractivity contribution < 1.29 is 18.7 Å². The smallest absolute Gasteiger partial charge is 0.411 e. The summed E-state index contributed by atoms with van der Waals surface area (Å²) in [5.74, 6) is 0.313. The van der Waals surface area contributed by atoms with E-state index in [1.807, 2.05) is 24.3 Å². The number of carbonyl (C=O) groups is 2. The highest BCUT2D eigenvalue weighted by Gasteiger charge is 2.15. The maximum Gasteiger partial charge on any atom is 0.411 e. The number of anilines is 2. The van der Waals surface area contributed by atoms with Crippen LogP contribution < -0.4 is 10.6 Å². The van der Waals surface area contributed by atoms with Gasteiger partial charge in [-0.15, -0.1) is 0 Å². The number of para-hydroxylation sites is 1. The lowest BCUT2D eigenvalue weighted by molar-refractivity contribution is 0.102. The van der Waals surface area contributed by atoms with Crippen molar-refractivity contribution in [1.29, 1.82) is 0 Å². The Labute approximate surface area is 166 Å². The normalized spacial score (nSPS) is 10.5. The number of rotatable bonds is 4. The molecular weight excluding hydrogens is 370 g/mol. The minimum atomic E-state index is -0.560. The number of pyridine rings is 1. The standard InChI is InChI=1S/C22H17N3O4/c1-28-22(27)24-15-10-8-14(9-11-15)23-21(26)17-13-19(20-7-4-12-29-20)25-18-6-3-2-5-16(17)18/h2-13H,1H3,(H,23,26)(H,24,27). The van der Waals surface area contributed by atoms with Gasteiger partial charge in [0.05, 0.1) is 24.5 Å². The summed E-state index contributed by atoms with van der Waals surface area (Å²) in [6.45, 7) is 0. The largest absolute Gasteiger partial charge is 0.463 e. The molecule has 29 heavy (non-hydrogen) atoms. The molecule has 4 aromatic rings. The zero-order chi connectivity index (χ0) is 20.2. The lowest BCUT2D eigenvalue weighted by atomic mass is 10.1.